The lowest BCUT2D eigenvalue weighted by atomic mass is 10.1. The summed E-state index contributed by atoms with van der Waals surface area (Å²) >= 11 is 0. The van der Waals surface area contributed by atoms with Crippen LogP contribution < -0.4 is 0 Å². The normalized spacial score (nSPS) is 17.2. The van der Waals surface area contributed by atoms with Crippen LogP contribution >= 0.6 is 0 Å². The van der Waals surface area contributed by atoms with Gasteiger partial charge < -0.3 is 14.9 Å². The molecule has 108 valence electrons. The van der Waals surface area contributed by atoms with Crippen molar-refractivity contribution in [2.75, 3.05) is 19.6 Å². The number of aliphatic hydroxyl groups excluding tert-OH is 1. The number of rotatable bonds is 3. The maximum atomic E-state index is 12.1. The third-order valence-corrected chi connectivity index (χ3v) is 3.44. The number of aryl methyl sites for hydroxylation is 1. The van der Waals surface area contributed by atoms with Gasteiger partial charge in [-0.2, -0.15) is 0 Å². The molecule has 1 aliphatic heterocycles. The van der Waals surface area contributed by atoms with Gasteiger partial charge in [0.1, 0.15) is 6.10 Å². The second kappa shape index (κ2) is 6.05. The summed E-state index contributed by atoms with van der Waals surface area (Å²) in [4.78, 5) is 26.9. The van der Waals surface area contributed by atoms with Crippen LogP contribution in [0.1, 0.15) is 18.1 Å². The van der Waals surface area contributed by atoms with Gasteiger partial charge in [0, 0.05) is 19.6 Å². The molecule has 5 heteroatoms. The number of benzene rings is 1. The fourth-order valence-electron chi connectivity index (χ4n) is 2.36. The molecule has 0 aromatic heterocycles. The molecule has 1 aromatic carbocycles. The van der Waals surface area contributed by atoms with Crippen LogP contribution in [0.3, 0.4) is 0 Å². The highest BCUT2D eigenvalue weighted by Gasteiger charge is 2.28. The van der Waals surface area contributed by atoms with Crippen LogP contribution in [-0.4, -0.2) is 52.5 Å². The van der Waals surface area contributed by atoms with Crippen LogP contribution in [0, 0.1) is 6.92 Å². The Morgan fingerprint density at radius 3 is 2.75 bits per heavy atom. The first-order valence-electron chi connectivity index (χ1n) is 6.77. The van der Waals surface area contributed by atoms with Crippen molar-refractivity contribution in [2.24, 2.45) is 0 Å². The first-order chi connectivity index (χ1) is 9.47. The minimum atomic E-state index is -1.05. The number of piperazine rings is 1. The molecule has 2 rings (SSSR count). The molecule has 0 saturated carbocycles. The first-order valence-corrected chi connectivity index (χ1v) is 6.77. The monoisotopic (exact) mass is 276 g/mol. The van der Waals surface area contributed by atoms with Crippen molar-refractivity contribution in [3.63, 3.8) is 0 Å². The molecule has 20 heavy (non-hydrogen) atoms. The van der Waals surface area contributed by atoms with E-state index in [2.05, 4.69) is 6.07 Å². The van der Waals surface area contributed by atoms with E-state index in [-0.39, 0.29) is 18.4 Å². The number of carbonyl (C=O) groups excluding carboxylic acids is 2. The van der Waals surface area contributed by atoms with E-state index in [9.17, 15) is 14.7 Å². The van der Waals surface area contributed by atoms with E-state index in [1.54, 1.807) is 4.90 Å². The Morgan fingerprint density at radius 1 is 1.40 bits per heavy atom. The molecule has 1 atom stereocenters. The Bertz CT molecular complexity index is 514. The van der Waals surface area contributed by atoms with Gasteiger partial charge in [-0.15, -0.1) is 0 Å². The van der Waals surface area contributed by atoms with Crippen molar-refractivity contribution in [1.82, 2.24) is 9.80 Å². The molecule has 1 aromatic rings. The Hall–Kier alpha value is -1.88. The summed E-state index contributed by atoms with van der Waals surface area (Å²) in [6.45, 7) is 5.04. The van der Waals surface area contributed by atoms with E-state index in [4.69, 9.17) is 0 Å². The smallest absolute Gasteiger partial charge is 0.251 e. The summed E-state index contributed by atoms with van der Waals surface area (Å²) in [5.74, 6) is -0.458. The van der Waals surface area contributed by atoms with Crippen LogP contribution in [0.15, 0.2) is 24.3 Å². The fourth-order valence-corrected chi connectivity index (χ4v) is 2.36. The van der Waals surface area contributed by atoms with Crippen molar-refractivity contribution in [2.45, 2.75) is 26.5 Å². The van der Waals surface area contributed by atoms with Crippen molar-refractivity contribution < 1.29 is 14.7 Å². The molecule has 1 saturated heterocycles. The van der Waals surface area contributed by atoms with Gasteiger partial charge in [-0.1, -0.05) is 29.8 Å². The third-order valence-electron chi connectivity index (χ3n) is 3.44. The second-order valence-electron chi connectivity index (χ2n) is 5.24. The number of carbonyl (C=O) groups is 2. The van der Waals surface area contributed by atoms with Crippen molar-refractivity contribution >= 4 is 11.8 Å². The molecule has 1 heterocycles. The van der Waals surface area contributed by atoms with Gasteiger partial charge in [-0.25, -0.2) is 0 Å². The average Bonchev–Trinajstić information content (AvgIpc) is 2.40. The molecule has 0 aliphatic carbocycles. The molecule has 0 spiro atoms. The van der Waals surface area contributed by atoms with E-state index in [1.165, 1.54) is 11.8 Å². The van der Waals surface area contributed by atoms with Gasteiger partial charge in [-0.05, 0) is 19.4 Å². The highest BCUT2D eigenvalue weighted by Crippen LogP contribution is 2.12. The zero-order valence-electron chi connectivity index (χ0n) is 11.9. The van der Waals surface area contributed by atoms with Crippen LogP contribution in [0.2, 0.25) is 0 Å². The largest absolute Gasteiger partial charge is 0.384 e. The lowest BCUT2D eigenvalue weighted by Gasteiger charge is -2.35. The van der Waals surface area contributed by atoms with Crippen molar-refractivity contribution in [3.05, 3.63) is 35.4 Å². The maximum absolute atomic E-state index is 12.1. The third kappa shape index (κ3) is 3.36. The number of aliphatic hydroxyl groups is 1. The Kier molecular flexibility index (Phi) is 4.39. The van der Waals surface area contributed by atoms with Gasteiger partial charge in [0.25, 0.3) is 5.91 Å². The average molecular weight is 276 g/mol. The van der Waals surface area contributed by atoms with E-state index in [0.717, 1.165) is 11.1 Å². The van der Waals surface area contributed by atoms with Crippen LogP contribution in [0.25, 0.3) is 0 Å². The highest BCUT2D eigenvalue weighted by molar-refractivity contribution is 5.87. The minimum absolute atomic E-state index is 0.0511. The second-order valence-corrected chi connectivity index (χ2v) is 5.24. The predicted molar refractivity (Wildman–Crippen MR) is 74.9 cm³/mol. The van der Waals surface area contributed by atoms with E-state index in [0.29, 0.717) is 19.6 Å². The summed E-state index contributed by atoms with van der Waals surface area (Å²) in [6.07, 6.45) is -1.05. The van der Waals surface area contributed by atoms with E-state index < -0.39 is 6.10 Å². The van der Waals surface area contributed by atoms with E-state index in [1.807, 2.05) is 25.1 Å². The number of hydrogen-bond acceptors (Lipinski definition) is 3. The Labute approximate surface area is 118 Å². The van der Waals surface area contributed by atoms with Gasteiger partial charge in [0.15, 0.2) is 0 Å². The molecule has 0 radical (unpaired) electrons. The summed E-state index contributed by atoms with van der Waals surface area (Å²) in [7, 11) is 0. The topological polar surface area (TPSA) is 60.9 Å². The zero-order chi connectivity index (χ0) is 14.7. The SMILES string of the molecule is Cc1cccc(CN2CCN(C(=O)[C@H](C)O)CC2=O)c1. The van der Waals surface area contributed by atoms with Crippen LogP contribution in [-0.2, 0) is 16.1 Å². The van der Waals surface area contributed by atoms with Crippen molar-refractivity contribution in [3.8, 4) is 0 Å². The molecule has 5 nitrogen and oxygen atoms in total. The fraction of sp³-hybridized carbons (Fsp3) is 0.467. The molecule has 1 fully saturated rings. The molecular weight excluding hydrogens is 256 g/mol. The van der Waals surface area contributed by atoms with Crippen molar-refractivity contribution in [1.29, 1.82) is 0 Å². The van der Waals surface area contributed by atoms with Gasteiger partial charge in [-0.3, -0.25) is 9.59 Å². The summed E-state index contributed by atoms with van der Waals surface area (Å²) in [6, 6.07) is 8.04. The summed E-state index contributed by atoms with van der Waals surface area (Å²) < 4.78 is 0. The van der Waals surface area contributed by atoms with Gasteiger partial charge in [0.2, 0.25) is 5.91 Å². The zero-order valence-corrected chi connectivity index (χ0v) is 11.9. The first kappa shape index (κ1) is 14.5. The van der Waals surface area contributed by atoms with Gasteiger partial charge in [0.05, 0.1) is 6.54 Å². The Balaban J connectivity index is 1.97. The molecular formula is C15H20N2O3. The summed E-state index contributed by atoms with van der Waals surface area (Å²) in [5.41, 5.74) is 2.26. The lowest BCUT2D eigenvalue weighted by molar-refractivity contribution is -0.150. The standard InChI is InChI=1S/C15H20N2O3/c1-11-4-3-5-13(8-11)9-16-6-7-17(10-14(16)19)15(20)12(2)18/h3-5,8,12,18H,6-7,9-10H2,1-2H3/t12-/m0/s1. The van der Waals surface area contributed by atoms with Crippen LogP contribution in [0.5, 0.6) is 0 Å². The van der Waals surface area contributed by atoms with Crippen LogP contribution in [0.4, 0.5) is 0 Å². The molecule has 1 N–H and O–H groups in total. The van der Waals surface area contributed by atoms with E-state index >= 15 is 0 Å². The number of amides is 2. The highest BCUT2D eigenvalue weighted by atomic mass is 16.3. The van der Waals surface area contributed by atoms with Gasteiger partial charge >= 0.3 is 0 Å². The molecule has 0 bridgehead atoms. The molecule has 2 amide bonds. The predicted octanol–water partition coefficient (Wildman–Crippen LogP) is 0.547. The number of hydrogen-bond donors (Lipinski definition) is 1. The number of nitrogens with zero attached hydrogens (tertiary/aromatic N) is 2. The molecule has 1 aliphatic rings. The minimum Gasteiger partial charge on any atom is -0.384 e. The Morgan fingerprint density at radius 2 is 2.15 bits per heavy atom. The maximum Gasteiger partial charge on any atom is 0.251 e. The molecule has 0 unspecified atom stereocenters. The summed E-state index contributed by atoms with van der Waals surface area (Å²) in [5, 5.41) is 9.27. The quantitative estimate of drug-likeness (QED) is 0.877. The lowest BCUT2D eigenvalue weighted by Crippen LogP contribution is -2.53.